The standard InChI is InChI=1S/C26H24ClF4N3O3/c27-19-9-10-22(32-15-19)25(14-17-5-2-1-3-6-17,34-24(35)33-20-11-12-36-16-20)18-7-4-8-21(13-18)37-26(30,31)23(28)29/h1-10,13,15,20,23H,11-12,14,16H2,(H2,33,34,35)/t20?,25-/m0/s1. The Balaban J connectivity index is 1.82. The molecule has 1 fully saturated rings. The van der Waals surface area contributed by atoms with Gasteiger partial charge in [0, 0.05) is 19.2 Å². The second-order valence-electron chi connectivity index (χ2n) is 8.58. The zero-order chi connectivity index (χ0) is 26.5. The Morgan fingerprint density at radius 1 is 1.14 bits per heavy atom. The first kappa shape index (κ1) is 26.7. The van der Waals surface area contributed by atoms with Crippen molar-refractivity contribution in [2.75, 3.05) is 13.2 Å². The maximum Gasteiger partial charge on any atom is 0.461 e. The second-order valence-corrected chi connectivity index (χ2v) is 9.02. The van der Waals surface area contributed by atoms with E-state index in [1.54, 1.807) is 18.2 Å². The highest BCUT2D eigenvalue weighted by Crippen LogP contribution is 2.36. The van der Waals surface area contributed by atoms with Crippen LogP contribution in [0.4, 0.5) is 22.4 Å². The molecule has 2 heterocycles. The van der Waals surface area contributed by atoms with E-state index in [0.29, 0.717) is 30.4 Å². The molecule has 1 saturated heterocycles. The van der Waals surface area contributed by atoms with Crippen molar-refractivity contribution in [2.24, 2.45) is 0 Å². The molecule has 11 heteroatoms. The van der Waals surface area contributed by atoms with Gasteiger partial charge in [-0.2, -0.15) is 17.6 Å². The Hall–Kier alpha value is -3.37. The number of nitrogens with zero attached hydrogens (tertiary/aromatic N) is 1. The summed E-state index contributed by atoms with van der Waals surface area (Å²) in [5, 5.41) is 6.17. The van der Waals surface area contributed by atoms with E-state index in [0.717, 1.165) is 11.6 Å². The number of amides is 2. The van der Waals surface area contributed by atoms with E-state index in [1.807, 2.05) is 30.3 Å². The Labute approximate surface area is 215 Å². The summed E-state index contributed by atoms with van der Waals surface area (Å²) >= 11 is 6.06. The maximum atomic E-state index is 13.7. The molecule has 0 saturated carbocycles. The van der Waals surface area contributed by atoms with Crippen LogP contribution in [0.15, 0.2) is 72.9 Å². The fraction of sp³-hybridized carbons (Fsp3) is 0.308. The van der Waals surface area contributed by atoms with Gasteiger partial charge in [0.1, 0.15) is 11.3 Å². The Kier molecular flexibility index (Phi) is 8.19. The van der Waals surface area contributed by atoms with Gasteiger partial charge in [-0.1, -0.05) is 54.1 Å². The molecule has 0 bridgehead atoms. The van der Waals surface area contributed by atoms with Crippen molar-refractivity contribution in [3.63, 3.8) is 0 Å². The molecule has 0 aliphatic carbocycles. The third kappa shape index (κ3) is 6.50. The normalized spacial score (nSPS) is 17.3. The van der Waals surface area contributed by atoms with E-state index in [4.69, 9.17) is 16.3 Å². The summed E-state index contributed by atoms with van der Waals surface area (Å²) < 4.78 is 62.8. The Morgan fingerprint density at radius 3 is 2.57 bits per heavy atom. The monoisotopic (exact) mass is 537 g/mol. The number of urea groups is 1. The van der Waals surface area contributed by atoms with Crippen molar-refractivity contribution >= 4 is 17.6 Å². The lowest BCUT2D eigenvalue weighted by molar-refractivity contribution is -0.253. The molecule has 2 aromatic carbocycles. The molecule has 2 N–H and O–H groups in total. The highest BCUT2D eigenvalue weighted by Gasteiger charge is 2.45. The molecule has 0 spiro atoms. The van der Waals surface area contributed by atoms with Crippen molar-refractivity contribution in [1.29, 1.82) is 0 Å². The number of halogens is 5. The number of hydrogen-bond acceptors (Lipinski definition) is 4. The minimum Gasteiger partial charge on any atom is -0.428 e. The highest BCUT2D eigenvalue weighted by atomic mass is 35.5. The van der Waals surface area contributed by atoms with Crippen molar-refractivity contribution in [1.82, 2.24) is 15.6 Å². The molecule has 1 aliphatic heterocycles. The minimum absolute atomic E-state index is 0.145. The van der Waals surface area contributed by atoms with Crippen LogP contribution >= 0.6 is 11.6 Å². The van der Waals surface area contributed by atoms with Crippen LogP contribution in [0.25, 0.3) is 0 Å². The molecule has 196 valence electrons. The van der Waals surface area contributed by atoms with Crippen LogP contribution in [0.2, 0.25) is 5.02 Å². The summed E-state index contributed by atoms with van der Waals surface area (Å²) in [6.45, 7) is 0.862. The minimum atomic E-state index is -4.70. The first-order valence-electron chi connectivity index (χ1n) is 11.5. The molecule has 0 radical (unpaired) electrons. The van der Waals surface area contributed by atoms with Crippen LogP contribution in [-0.4, -0.2) is 42.8 Å². The predicted molar refractivity (Wildman–Crippen MR) is 129 cm³/mol. The summed E-state index contributed by atoms with van der Waals surface area (Å²) in [5.74, 6) is -0.499. The quantitative estimate of drug-likeness (QED) is 0.351. The highest BCUT2D eigenvalue weighted by molar-refractivity contribution is 6.30. The number of carbonyl (C=O) groups excluding carboxylic acids is 1. The van der Waals surface area contributed by atoms with Crippen molar-refractivity contribution in [3.05, 3.63) is 94.8 Å². The first-order valence-corrected chi connectivity index (χ1v) is 11.8. The van der Waals surface area contributed by atoms with Crippen molar-refractivity contribution in [3.8, 4) is 5.75 Å². The largest absolute Gasteiger partial charge is 0.461 e. The van der Waals surface area contributed by atoms with Gasteiger partial charge in [-0.25, -0.2) is 4.79 Å². The van der Waals surface area contributed by atoms with Gasteiger partial charge in [-0.3, -0.25) is 4.98 Å². The van der Waals surface area contributed by atoms with Crippen LogP contribution in [0, 0.1) is 0 Å². The van der Waals surface area contributed by atoms with E-state index >= 15 is 0 Å². The van der Waals surface area contributed by atoms with Gasteiger partial charge < -0.3 is 20.1 Å². The summed E-state index contributed by atoms with van der Waals surface area (Å²) in [6, 6.07) is 16.8. The van der Waals surface area contributed by atoms with Crippen molar-refractivity contribution < 1.29 is 31.8 Å². The zero-order valence-corrected chi connectivity index (χ0v) is 20.2. The molecular formula is C26H24ClF4N3O3. The number of benzene rings is 2. The number of alkyl halides is 4. The Morgan fingerprint density at radius 2 is 1.92 bits per heavy atom. The number of nitrogens with one attached hydrogen (secondary N) is 2. The van der Waals surface area contributed by atoms with Gasteiger partial charge in [0.25, 0.3) is 0 Å². The number of ether oxygens (including phenoxy) is 2. The Bertz CT molecular complexity index is 1200. The number of rotatable bonds is 9. The van der Waals surface area contributed by atoms with Gasteiger partial charge >= 0.3 is 18.6 Å². The molecule has 6 nitrogen and oxygen atoms in total. The topological polar surface area (TPSA) is 72.5 Å². The predicted octanol–water partition coefficient (Wildman–Crippen LogP) is 5.55. The molecule has 37 heavy (non-hydrogen) atoms. The fourth-order valence-electron chi connectivity index (χ4n) is 4.14. The van der Waals surface area contributed by atoms with Crippen LogP contribution in [0.3, 0.4) is 0 Å². The van der Waals surface area contributed by atoms with Gasteiger partial charge in [0.2, 0.25) is 0 Å². The van der Waals surface area contributed by atoms with Gasteiger partial charge in [-0.15, -0.1) is 0 Å². The van der Waals surface area contributed by atoms with E-state index in [-0.39, 0.29) is 18.0 Å². The third-order valence-electron chi connectivity index (χ3n) is 5.90. The molecule has 2 atom stereocenters. The van der Waals surface area contributed by atoms with Gasteiger partial charge in [0.15, 0.2) is 0 Å². The summed E-state index contributed by atoms with van der Waals surface area (Å²) in [7, 11) is 0. The lowest BCUT2D eigenvalue weighted by Crippen LogP contribution is -2.54. The average molecular weight is 538 g/mol. The molecule has 3 aromatic rings. The van der Waals surface area contributed by atoms with E-state index in [1.165, 1.54) is 18.3 Å². The maximum absolute atomic E-state index is 13.7. The molecule has 2 amide bonds. The van der Waals surface area contributed by atoms with Crippen LogP contribution in [0.5, 0.6) is 5.75 Å². The van der Waals surface area contributed by atoms with Crippen LogP contribution < -0.4 is 15.4 Å². The number of aromatic nitrogens is 1. The average Bonchev–Trinajstić information content (AvgIpc) is 3.37. The van der Waals surface area contributed by atoms with Crippen LogP contribution in [-0.2, 0) is 16.7 Å². The van der Waals surface area contributed by atoms with E-state index < -0.39 is 29.9 Å². The molecule has 1 aromatic heterocycles. The lowest BCUT2D eigenvalue weighted by Gasteiger charge is -2.36. The lowest BCUT2D eigenvalue weighted by atomic mass is 9.80. The van der Waals surface area contributed by atoms with Crippen molar-refractivity contribution in [2.45, 2.75) is 37.0 Å². The summed E-state index contributed by atoms with van der Waals surface area (Å²) in [4.78, 5) is 17.7. The summed E-state index contributed by atoms with van der Waals surface area (Å²) in [6.07, 6.45) is -6.56. The molecule has 4 rings (SSSR count). The SMILES string of the molecule is O=C(NC1CCOC1)N[C@@](Cc1ccccc1)(c1cccc(OC(F)(F)C(F)F)c1)c1ccc(Cl)cn1. The zero-order valence-electron chi connectivity index (χ0n) is 19.5. The van der Waals surface area contributed by atoms with E-state index in [9.17, 15) is 22.4 Å². The van der Waals surface area contributed by atoms with Gasteiger partial charge in [0.05, 0.1) is 23.4 Å². The number of carbonyl (C=O) groups is 1. The fourth-order valence-corrected chi connectivity index (χ4v) is 4.25. The second kappa shape index (κ2) is 11.4. The van der Waals surface area contributed by atoms with Gasteiger partial charge in [-0.05, 0) is 41.8 Å². The third-order valence-corrected chi connectivity index (χ3v) is 6.13. The summed E-state index contributed by atoms with van der Waals surface area (Å²) in [5.41, 5.74) is -0.00879. The number of hydrogen-bond donors (Lipinski definition) is 2. The first-order chi connectivity index (χ1) is 17.7. The molecule has 1 aliphatic rings. The molecule has 1 unspecified atom stereocenters. The number of pyridine rings is 1. The smallest absolute Gasteiger partial charge is 0.428 e. The molecular weight excluding hydrogens is 514 g/mol. The van der Waals surface area contributed by atoms with Crippen LogP contribution in [0.1, 0.15) is 23.2 Å². The van der Waals surface area contributed by atoms with E-state index in [2.05, 4.69) is 20.4 Å².